The number of amides is 2. The van der Waals surface area contributed by atoms with Gasteiger partial charge in [0.15, 0.2) is 0 Å². The Balaban J connectivity index is 1.63. The maximum absolute atomic E-state index is 12.9. The summed E-state index contributed by atoms with van der Waals surface area (Å²) in [7, 11) is 1.58. The van der Waals surface area contributed by atoms with E-state index in [0.29, 0.717) is 22.0 Å². The second-order valence-electron chi connectivity index (χ2n) is 6.82. The Kier molecular flexibility index (Phi) is 7.98. The molecule has 31 heavy (non-hydrogen) atoms. The molecule has 0 aliphatic rings. The molecule has 0 bridgehead atoms. The van der Waals surface area contributed by atoms with E-state index in [-0.39, 0.29) is 23.6 Å². The van der Waals surface area contributed by atoms with Gasteiger partial charge in [0.05, 0.1) is 24.5 Å². The monoisotopic (exact) mass is 454 g/mol. The van der Waals surface area contributed by atoms with Gasteiger partial charge < -0.3 is 15.4 Å². The van der Waals surface area contributed by atoms with Crippen LogP contribution in [0.4, 0.5) is 5.69 Å². The number of nitrogens with one attached hydrogen (secondary N) is 2. The van der Waals surface area contributed by atoms with Gasteiger partial charge >= 0.3 is 0 Å². The van der Waals surface area contributed by atoms with Gasteiger partial charge in [-0.1, -0.05) is 41.9 Å². The van der Waals surface area contributed by atoms with Gasteiger partial charge in [0.25, 0.3) is 5.91 Å². The summed E-state index contributed by atoms with van der Waals surface area (Å²) < 4.78 is 5.17. The number of hydrogen-bond donors (Lipinski definition) is 2. The molecule has 0 aliphatic carbocycles. The zero-order valence-electron chi connectivity index (χ0n) is 17.2. The quantitative estimate of drug-likeness (QED) is 0.436. The van der Waals surface area contributed by atoms with Crippen molar-refractivity contribution in [1.82, 2.24) is 5.32 Å². The average molecular weight is 455 g/mol. The lowest BCUT2D eigenvalue weighted by molar-refractivity contribution is -0.113. The molecule has 0 saturated carbocycles. The number of benzene rings is 3. The van der Waals surface area contributed by atoms with E-state index in [1.54, 1.807) is 37.4 Å². The third kappa shape index (κ3) is 6.51. The van der Waals surface area contributed by atoms with E-state index in [0.717, 1.165) is 10.5 Å². The maximum Gasteiger partial charge on any atom is 0.252 e. The molecule has 0 aliphatic heterocycles. The molecule has 0 aromatic heterocycles. The van der Waals surface area contributed by atoms with Crippen molar-refractivity contribution in [2.75, 3.05) is 18.2 Å². The minimum absolute atomic E-state index is 0.166. The highest BCUT2D eigenvalue weighted by Gasteiger charge is 2.16. The molecule has 1 atom stereocenters. The molecule has 0 heterocycles. The predicted molar refractivity (Wildman–Crippen MR) is 126 cm³/mol. The predicted octanol–water partition coefficient (Wildman–Crippen LogP) is 5.57. The van der Waals surface area contributed by atoms with Crippen LogP contribution in [0.15, 0.2) is 77.7 Å². The standard InChI is InChI=1S/C24H23ClN2O3S/c1-16(17-7-5-8-18(25)13-17)26-24(29)21-11-3-4-12-22(21)31-15-23(28)27-19-9-6-10-20(14-19)30-2/h3-14,16H,15H2,1-2H3,(H,26,29)(H,27,28). The Bertz CT molecular complexity index is 1070. The first-order valence-corrected chi connectivity index (χ1v) is 11.0. The van der Waals surface area contributed by atoms with Gasteiger partial charge in [-0.15, -0.1) is 11.8 Å². The molecule has 160 valence electrons. The molecule has 5 nitrogen and oxygen atoms in total. The molecule has 1 unspecified atom stereocenters. The Morgan fingerprint density at radius 2 is 1.81 bits per heavy atom. The summed E-state index contributed by atoms with van der Waals surface area (Å²) in [5.41, 5.74) is 2.10. The summed E-state index contributed by atoms with van der Waals surface area (Å²) in [6.07, 6.45) is 0. The molecule has 0 radical (unpaired) electrons. The van der Waals surface area contributed by atoms with Crippen LogP contribution in [0.3, 0.4) is 0 Å². The molecule has 3 rings (SSSR count). The van der Waals surface area contributed by atoms with Crippen LogP contribution in [0.5, 0.6) is 5.75 Å². The lowest BCUT2D eigenvalue weighted by Crippen LogP contribution is -2.27. The zero-order chi connectivity index (χ0) is 22.2. The van der Waals surface area contributed by atoms with Gasteiger partial charge in [0.1, 0.15) is 5.75 Å². The molecule has 3 aromatic carbocycles. The number of hydrogen-bond acceptors (Lipinski definition) is 4. The van der Waals surface area contributed by atoms with Crippen molar-refractivity contribution in [2.24, 2.45) is 0 Å². The summed E-state index contributed by atoms with van der Waals surface area (Å²) in [5, 5.41) is 6.46. The molecule has 2 N–H and O–H groups in total. The number of anilines is 1. The number of methoxy groups -OCH3 is 1. The highest BCUT2D eigenvalue weighted by Crippen LogP contribution is 2.25. The van der Waals surface area contributed by atoms with Crippen molar-refractivity contribution in [3.05, 3.63) is 88.9 Å². The largest absolute Gasteiger partial charge is 0.497 e. The van der Waals surface area contributed by atoms with Crippen LogP contribution >= 0.6 is 23.4 Å². The van der Waals surface area contributed by atoms with Crippen LogP contribution in [0, 0.1) is 0 Å². The molecule has 0 spiro atoms. The summed E-state index contributed by atoms with van der Waals surface area (Å²) >= 11 is 7.37. The summed E-state index contributed by atoms with van der Waals surface area (Å²) in [5.74, 6) is 0.469. The van der Waals surface area contributed by atoms with Crippen molar-refractivity contribution >= 4 is 40.9 Å². The van der Waals surface area contributed by atoms with Crippen molar-refractivity contribution in [3.8, 4) is 5.75 Å². The highest BCUT2D eigenvalue weighted by molar-refractivity contribution is 8.00. The van der Waals surface area contributed by atoms with Gasteiger partial charge in [-0.05, 0) is 48.9 Å². The van der Waals surface area contributed by atoms with Gasteiger partial charge in [0, 0.05) is 21.7 Å². The maximum atomic E-state index is 12.9. The number of ether oxygens (including phenoxy) is 1. The number of halogens is 1. The van der Waals surface area contributed by atoms with Crippen LogP contribution in [0.25, 0.3) is 0 Å². The van der Waals surface area contributed by atoms with E-state index < -0.39 is 0 Å². The van der Waals surface area contributed by atoms with Crippen molar-refractivity contribution in [2.45, 2.75) is 17.9 Å². The first-order chi connectivity index (χ1) is 15.0. The normalized spacial score (nSPS) is 11.5. The fraction of sp³-hybridized carbons (Fsp3) is 0.167. The minimum atomic E-state index is -0.208. The lowest BCUT2D eigenvalue weighted by atomic mass is 10.1. The van der Waals surface area contributed by atoms with Gasteiger partial charge in [-0.2, -0.15) is 0 Å². The first-order valence-electron chi connectivity index (χ1n) is 9.68. The fourth-order valence-electron chi connectivity index (χ4n) is 2.95. The van der Waals surface area contributed by atoms with Crippen molar-refractivity contribution in [3.63, 3.8) is 0 Å². The van der Waals surface area contributed by atoms with Crippen LogP contribution in [0.2, 0.25) is 5.02 Å². The molecule has 0 saturated heterocycles. The third-order valence-corrected chi connectivity index (χ3v) is 5.85. The van der Waals surface area contributed by atoms with E-state index in [1.807, 2.05) is 49.4 Å². The minimum Gasteiger partial charge on any atom is -0.497 e. The van der Waals surface area contributed by atoms with E-state index >= 15 is 0 Å². The number of carbonyl (C=O) groups is 2. The SMILES string of the molecule is COc1cccc(NC(=O)CSc2ccccc2C(=O)NC(C)c2cccc(Cl)c2)c1. The molecular weight excluding hydrogens is 432 g/mol. The Labute approximate surface area is 191 Å². The topological polar surface area (TPSA) is 67.4 Å². The number of carbonyl (C=O) groups excluding carboxylic acids is 2. The van der Waals surface area contributed by atoms with Crippen LogP contribution in [-0.4, -0.2) is 24.7 Å². The summed E-state index contributed by atoms with van der Waals surface area (Å²) in [4.78, 5) is 26.0. The number of thioether (sulfide) groups is 1. The molecule has 7 heteroatoms. The van der Waals surface area contributed by atoms with Gasteiger partial charge in [0.2, 0.25) is 5.91 Å². The van der Waals surface area contributed by atoms with Gasteiger partial charge in [-0.3, -0.25) is 9.59 Å². The molecule has 3 aromatic rings. The van der Waals surface area contributed by atoms with Crippen molar-refractivity contribution in [1.29, 1.82) is 0 Å². The second-order valence-corrected chi connectivity index (χ2v) is 8.27. The van der Waals surface area contributed by atoms with Gasteiger partial charge in [-0.25, -0.2) is 0 Å². The Morgan fingerprint density at radius 3 is 2.58 bits per heavy atom. The van der Waals surface area contributed by atoms with Crippen LogP contribution in [0.1, 0.15) is 28.9 Å². The number of rotatable bonds is 8. The zero-order valence-corrected chi connectivity index (χ0v) is 18.8. The molecular formula is C24H23ClN2O3S. The summed E-state index contributed by atoms with van der Waals surface area (Å²) in [6, 6.07) is 21.6. The van der Waals surface area contributed by atoms with E-state index in [2.05, 4.69) is 10.6 Å². The smallest absolute Gasteiger partial charge is 0.252 e. The van der Waals surface area contributed by atoms with E-state index in [1.165, 1.54) is 11.8 Å². The Morgan fingerprint density at radius 1 is 1.03 bits per heavy atom. The highest BCUT2D eigenvalue weighted by atomic mass is 35.5. The Hall–Kier alpha value is -2.96. The second kappa shape index (κ2) is 10.9. The third-order valence-electron chi connectivity index (χ3n) is 4.54. The van der Waals surface area contributed by atoms with Crippen LogP contribution < -0.4 is 15.4 Å². The van der Waals surface area contributed by atoms with E-state index in [4.69, 9.17) is 16.3 Å². The van der Waals surface area contributed by atoms with Crippen molar-refractivity contribution < 1.29 is 14.3 Å². The molecule has 2 amide bonds. The average Bonchev–Trinajstić information content (AvgIpc) is 2.78. The lowest BCUT2D eigenvalue weighted by Gasteiger charge is -2.16. The van der Waals surface area contributed by atoms with Crippen LogP contribution in [-0.2, 0) is 4.79 Å². The first kappa shape index (κ1) is 22.7. The summed E-state index contributed by atoms with van der Waals surface area (Å²) in [6.45, 7) is 1.90. The van der Waals surface area contributed by atoms with E-state index in [9.17, 15) is 9.59 Å². The fourth-order valence-corrected chi connectivity index (χ4v) is 4.00. The molecule has 0 fully saturated rings.